The molecule has 0 bridgehead atoms. The van der Waals surface area contributed by atoms with Crippen molar-refractivity contribution in [2.75, 3.05) is 13.7 Å². The summed E-state index contributed by atoms with van der Waals surface area (Å²) in [6.07, 6.45) is 5.58. The number of aromatic amines is 1. The smallest absolute Gasteiger partial charge is 0.123 e. The van der Waals surface area contributed by atoms with E-state index < -0.39 is 0 Å². The van der Waals surface area contributed by atoms with Gasteiger partial charge in [0.05, 0.1) is 18.8 Å². The molecule has 3 rings (SSSR count). The van der Waals surface area contributed by atoms with Crippen molar-refractivity contribution >= 4 is 0 Å². The van der Waals surface area contributed by atoms with Crippen LogP contribution in [0.15, 0.2) is 36.5 Å². The van der Waals surface area contributed by atoms with Crippen molar-refractivity contribution in [1.29, 1.82) is 0 Å². The Bertz CT molecular complexity index is 538. The minimum absolute atomic E-state index is 0.441. The van der Waals surface area contributed by atoms with Crippen LogP contribution in [-0.4, -0.2) is 28.8 Å². The number of ether oxygens (including phenoxy) is 1. The summed E-state index contributed by atoms with van der Waals surface area (Å²) in [6.45, 7) is 2.05. The Morgan fingerprint density at radius 2 is 2.20 bits per heavy atom. The molecule has 4 nitrogen and oxygen atoms in total. The van der Waals surface area contributed by atoms with Gasteiger partial charge in [-0.3, -0.25) is 10.00 Å². The van der Waals surface area contributed by atoms with Gasteiger partial charge in [-0.1, -0.05) is 24.6 Å². The Morgan fingerprint density at radius 3 is 3.00 bits per heavy atom. The molecule has 1 aromatic heterocycles. The van der Waals surface area contributed by atoms with Gasteiger partial charge < -0.3 is 4.74 Å². The van der Waals surface area contributed by atoms with Crippen LogP contribution >= 0.6 is 0 Å². The SMILES string of the molecule is COc1ccccc1CN1CCCC[C@H]1c1ccn[nH]1. The predicted octanol–water partition coefficient (Wildman–Crippen LogP) is 3.15. The number of benzene rings is 1. The molecule has 0 saturated carbocycles. The van der Waals surface area contributed by atoms with Gasteiger partial charge in [0.2, 0.25) is 0 Å². The number of aromatic nitrogens is 2. The highest BCUT2D eigenvalue weighted by Gasteiger charge is 2.25. The van der Waals surface area contributed by atoms with E-state index in [1.807, 2.05) is 18.3 Å². The van der Waals surface area contributed by atoms with Gasteiger partial charge in [0.25, 0.3) is 0 Å². The molecular weight excluding hydrogens is 250 g/mol. The zero-order valence-corrected chi connectivity index (χ0v) is 11.9. The zero-order chi connectivity index (χ0) is 13.8. The maximum Gasteiger partial charge on any atom is 0.123 e. The highest BCUT2D eigenvalue weighted by Crippen LogP contribution is 2.32. The van der Waals surface area contributed by atoms with Crippen LogP contribution in [0.5, 0.6) is 5.75 Å². The average Bonchev–Trinajstić information content (AvgIpc) is 3.02. The Morgan fingerprint density at radius 1 is 1.30 bits per heavy atom. The summed E-state index contributed by atoms with van der Waals surface area (Å²) in [6, 6.07) is 10.8. The van der Waals surface area contributed by atoms with Crippen LogP contribution in [0.1, 0.15) is 36.6 Å². The molecule has 4 heteroatoms. The Kier molecular flexibility index (Phi) is 4.02. The van der Waals surface area contributed by atoms with Crippen LogP contribution in [-0.2, 0) is 6.54 Å². The summed E-state index contributed by atoms with van der Waals surface area (Å²) in [5.41, 5.74) is 2.47. The lowest BCUT2D eigenvalue weighted by molar-refractivity contribution is 0.136. The van der Waals surface area contributed by atoms with E-state index in [0.717, 1.165) is 18.8 Å². The third-order valence-electron chi connectivity index (χ3n) is 4.06. The number of piperidine rings is 1. The Labute approximate surface area is 119 Å². The van der Waals surface area contributed by atoms with Gasteiger partial charge in [0, 0.05) is 18.3 Å². The fourth-order valence-corrected chi connectivity index (χ4v) is 3.04. The van der Waals surface area contributed by atoms with Gasteiger partial charge in [-0.05, 0) is 31.5 Å². The summed E-state index contributed by atoms with van der Waals surface area (Å²) in [5.74, 6) is 0.974. The van der Waals surface area contributed by atoms with Gasteiger partial charge in [-0.2, -0.15) is 5.10 Å². The number of methoxy groups -OCH3 is 1. The van der Waals surface area contributed by atoms with Crippen LogP contribution in [0.25, 0.3) is 0 Å². The van der Waals surface area contributed by atoms with E-state index in [1.165, 1.54) is 30.5 Å². The number of nitrogens with one attached hydrogen (secondary N) is 1. The number of para-hydroxylation sites is 1. The molecule has 1 N–H and O–H groups in total. The number of hydrogen-bond acceptors (Lipinski definition) is 3. The molecule has 2 heterocycles. The highest BCUT2D eigenvalue weighted by atomic mass is 16.5. The van der Waals surface area contributed by atoms with Crippen molar-refractivity contribution in [2.24, 2.45) is 0 Å². The van der Waals surface area contributed by atoms with E-state index in [2.05, 4.69) is 33.3 Å². The summed E-state index contributed by atoms with van der Waals surface area (Å²) in [4.78, 5) is 2.52. The van der Waals surface area contributed by atoms with E-state index in [-0.39, 0.29) is 0 Å². The third-order valence-corrected chi connectivity index (χ3v) is 4.06. The van der Waals surface area contributed by atoms with Crippen LogP contribution in [0, 0.1) is 0 Å². The molecule has 0 radical (unpaired) electrons. The molecule has 1 fully saturated rings. The molecule has 2 aromatic rings. The first-order chi connectivity index (χ1) is 9.88. The molecule has 106 valence electrons. The van der Waals surface area contributed by atoms with Gasteiger partial charge in [0.1, 0.15) is 5.75 Å². The van der Waals surface area contributed by atoms with Crippen molar-refractivity contribution in [3.8, 4) is 5.75 Å². The van der Waals surface area contributed by atoms with Crippen LogP contribution < -0.4 is 4.74 Å². The number of rotatable bonds is 4. The quantitative estimate of drug-likeness (QED) is 0.928. The summed E-state index contributed by atoms with van der Waals surface area (Å²) < 4.78 is 5.47. The molecule has 0 unspecified atom stereocenters. The standard InChI is InChI=1S/C16H21N3O/c1-20-16-8-3-2-6-13(16)12-19-11-5-4-7-15(19)14-9-10-17-18-14/h2-3,6,8-10,15H,4-5,7,11-12H2,1H3,(H,17,18)/t15-/m0/s1. The van der Waals surface area contributed by atoms with Crippen molar-refractivity contribution < 1.29 is 4.74 Å². The van der Waals surface area contributed by atoms with Gasteiger partial charge in [-0.25, -0.2) is 0 Å². The van der Waals surface area contributed by atoms with Crippen molar-refractivity contribution in [3.05, 3.63) is 47.8 Å². The van der Waals surface area contributed by atoms with Crippen LogP contribution in [0.2, 0.25) is 0 Å². The predicted molar refractivity (Wildman–Crippen MR) is 78.6 cm³/mol. The number of nitrogens with zero attached hydrogens (tertiary/aromatic N) is 2. The molecular formula is C16H21N3O. The van der Waals surface area contributed by atoms with E-state index in [9.17, 15) is 0 Å². The molecule has 20 heavy (non-hydrogen) atoms. The first-order valence-corrected chi connectivity index (χ1v) is 7.23. The van der Waals surface area contributed by atoms with Gasteiger partial charge >= 0.3 is 0 Å². The second-order valence-electron chi connectivity index (χ2n) is 5.31. The Balaban J connectivity index is 1.80. The minimum Gasteiger partial charge on any atom is -0.496 e. The molecule has 0 aliphatic carbocycles. The number of likely N-dealkylation sites (tertiary alicyclic amines) is 1. The molecule has 1 saturated heterocycles. The van der Waals surface area contributed by atoms with E-state index in [0.29, 0.717) is 6.04 Å². The number of H-pyrrole nitrogens is 1. The maximum absolute atomic E-state index is 5.47. The molecule has 1 atom stereocenters. The third kappa shape index (κ3) is 2.70. The van der Waals surface area contributed by atoms with Crippen molar-refractivity contribution in [1.82, 2.24) is 15.1 Å². The second-order valence-corrected chi connectivity index (χ2v) is 5.31. The molecule has 1 aliphatic heterocycles. The molecule has 1 aliphatic rings. The van der Waals surface area contributed by atoms with E-state index in [4.69, 9.17) is 4.74 Å². The van der Waals surface area contributed by atoms with Crippen molar-refractivity contribution in [2.45, 2.75) is 31.8 Å². The maximum atomic E-state index is 5.47. The monoisotopic (exact) mass is 271 g/mol. The average molecular weight is 271 g/mol. The first-order valence-electron chi connectivity index (χ1n) is 7.23. The second kappa shape index (κ2) is 6.09. The largest absolute Gasteiger partial charge is 0.496 e. The van der Waals surface area contributed by atoms with Crippen LogP contribution in [0.3, 0.4) is 0 Å². The van der Waals surface area contributed by atoms with Crippen LogP contribution in [0.4, 0.5) is 0 Å². The number of hydrogen-bond donors (Lipinski definition) is 1. The lowest BCUT2D eigenvalue weighted by Gasteiger charge is -2.35. The summed E-state index contributed by atoms with van der Waals surface area (Å²) >= 11 is 0. The highest BCUT2D eigenvalue weighted by molar-refractivity contribution is 5.33. The van der Waals surface area contributed by atoms with Gasteiger partial charge in [-0.15, -0.1) is 0 Å². The van der Waals surface area contributed by atoms with E-state index >= 15 is 0 Å². The summed E-state index contributed by atoms with van der Waals surface area (Å²) in [7, 11) is 1.74. The molecule has 1 aromatic carbocycles. The lowest BCUT2D eigenvalue weighted by Crippen LogP contribution is -2.33. The first kappa shape index (κ1) is 13.2. The summed E-state index contributed by atoms with van der Waals surface area (Å²) in [5, 5.41) is 7.22. The topological polar surface area (TPSA) is 41.1 Å². The lowest BCUT2D eigenvalue weighted by atomic mass is 9.98. The van der Waals surface area contributed by atoms with E-state index in [1.54, 1.807) is 7.11 Å². The fourth-order valence-electron chi connectivity index (χ4n) is 3.04. The molecule has 0 spiro atoms. The zero-order valence-electron chi connectivity index (χ0n) is 11.9. The molecule has 0 amide bonds. The Hall–Kier alpha value is -1.81. The normalized spacial score (nSPS) is 19.9. The fraction of sp³-hybridized carbons (Fsp3) is 0.438. The van der Waals surface area contributed by atoms with Gasteiger partial charge in [0.15, 0.2) is 0 Å². The van der Waals surface area contributed by atoms with Crippen molar-refractivity contribution in [3.63, 3.8) is 0 Å². The minimum atomic E-state index is 0.441.